The topological polar surface area (TPSA) is 78.1 Å². The summed E-state index contributed by atoms with van der Waals surface area (Å²) in [5, 5.41) is 0.886. The van der Waals surface area contributed by atoms with Crippen LogP contribution in [0.15, 0.2) is 36.5 Å². The lowest BCUT2D eigenvalue weighted by molar-refractivity contribution is -0.117. The molecule has 0 saturated heterocycles. The number of methoxy groups -OCH3 is 1. The van der Waals surface area contributed by atoms with Crippen LogP contribution in [-0.2, 0) is 11.2 Å². The Morgan fingerprint density at radius 1 is 1.33 bits per heavy atom. The van der Waals surface area contributed by atoms with Gasteiger partial charge in [0.2, 0.25) is 11.8 Å². The number of thiazole rings is 1. The molecule has 2 aromatic heterocycles. The van der Waals surface area contributed by atoms with Crippen molar-refractivity contribution in [3.8, 4) is 16.5 Å². The summed E-state index contributed by atoms with van der Waals surface area (Å²) in [7, 11) is 1.58. The van der Waals surface area contributed by atoms with E-state index in [1.54, 1.807) is 30.7 Å². The first-order chi connectivity index (χ1) is 10.2. The van der Waals surface area contributed by atoms with E-state index in [1.807, 2.05) is 24.3 Å². The van der Waals surface area contributed by atoms with Crippen molar-refractivity contribution in [2.75, 3.05) is 7.11 Å². The Labute approximate surface area is 125 Å². The smallest absolute Gasteiger partial charge is 0.221 e. The number of hydrogen-bond acceptors (Lipinski definition) is 5. The number of aromatic nitrogens is 2. The number of pyridine rings is 1. The number of nitrogens with two attached hydrogens (primary N) is 1. The van der Waals surface area contributed by atoms with Crippen LogP contribution in [0.25, 0.3) is 20.8 Å². The molecule has 21 heavy (non-hydrogen) atoms. The number of benzene rings is 1. The van der Waals surface area contributed by atoms with E-state index in [0.29, 0.717) is 5.88 Å². The quantitative estimate of drug-likeness (QED) is 0.802. The van der Waals surface area contributed by atoms with Crippen molar-refractivity contribution in [1.82, 2.24) is 9.97 Å². The molecule has 3 rings (SSSR count). The van der Waals surface area contributed by atoms with Crippen molar-refractivity contribution in [2.45, 2.75) is 6.42 Å². The number of hydrogen-bond donors (Lipinski definition) is 1. The number of nitrogens with zero attached hydrogens (tertiary/aromatic N) is 2. The average molecular weight is 299 g/mol. The number of carbonyl (C=O) groups is 1. The van der Waals surface area contributed by atoms with Crippen LogP contribution in [0.5, 0.6) is 5.88 Å². The van der Waals surface area contributed by atoms with Gasteiger partial charge in [-0.3, -0.25) is 4.79 Å². The molecule has 0 bridgehead atoms. The zero-order chi connectivity index (χ0) is 14.8. The molecule has 0 aliphatic carbocycles. The summed E-state index contributed by atoms with van der Waals surface area (Å²) in [5.41, 5.74) is 7.96. The predicted octanol–water partition coefficient (Wildman–Crippen LogP) is 2.39. The summed E-state index contributed by atoms with van der Waals surface area (Å²) < 4.78 is 6.07. The fourth-order valence-corrected chi connectivity index (χ4v) is 3.05. The highest BCUT2D eigenvalue weighted by atomic mass is 32.1. The number of ether oxygens (including phenoxy) is 1. The number of carbonyl (C=O) groups excluding carboxylic acids is 1. The summed E-state index contributed by atoms with van der Waals surface area (Å²) in [6.45, 7) is 0. The Morgan fingerprint density at radius 3 is 2.86 bits per heavy atom. The van der Waals surface area contributed by atoms with Gasteiger partial charge in [-0.25, -0.2) is 9.97 Å². The number of fused-ring (bicyclic) bond motifs is 1. The Balaban J connectivity index is 1.97. The molecule has 0 unspecified atom stereocenters. The van der Waals surface area contributed by atoms with E-state index >= 15 is 0 Å². The summed E-state index contributed by atoms with van der Waals surface area (Å²) in [6, 6.07) is 9.47. The van der Waals surface area contributed by atoms with Gasteiger partial charge in [-0.05, 0) is 23.8 Å². The van der Waals surface area contributed by atoms with Crippen molar-refractivity contribution in [1.29, 1.82) is 0 Å². The van der Waals surface area contributed by atoms with Crippen LogP contribution in [0.4, 0.5) is 0 Å². The molecule has 3 aromatic rings. The van der Waals surface area contributed by atoms with Gasteiger partial charge in [0, 0.05) is 17.8 Å². The lowest BCUT2D eigenvalue weighted by Gasteiger charge is -1.98. The molecule has 0 saturated carbocycles. The van der Waals surface area contributed by atoms with Crippen molar-refractivity contribution >= 4 is 27.5 Å². The Morgan fingerprint density at radius 2 is 2.19 bits per heavy atom. The molecule has 2 N–H and O–H groups in total. The number of rotatable bonds is 4. The van der Waals surface area contributed by atoms with E-state index in [9.17, 15) is 4.79 Å². The van der Waals surface area contributed by atoms with E-state index in [0.717, 1.165) is 26.4 Å². The highest BCUT2D eigenvalue weighted by Gasteiger charge is 2.08. The molecule has 0 aliphatic rings. The third-order valence-electron chi connectivity index (χ3n) is 3.02. The Bertz CT molecular complexity index is 796. The van der Waals surface area contributed by atoms with Crippen molar-refractivity contribution < 1.29 is 9.53 Å². The fourth-order valence-electron chi connectivity index (χ4n) is 2.03. The van der Waals surface area contributed by atoms with E-state index < -0.39 is 0 Å². The monoisotopic (exact) mass is 299 g/mol. The second kappa shape index (κ2) is 5.49. The summed E-state index contributed by atoms with van der Waals surface area (Å²) in [4.78, 5) is 19.7. The molecular formula is C15H13N3O2S. The largest absolute Gasteiger partial charge is 0.481 e. The first kappa shape index (κ1) is 13.5. The molecule has 6 heteroatoms. The van der Waals surface area contributed by atoms with Crippen LogP contribution >= 0.6 is 11.3 Å². The molecule has 0 atom stereocenters. The first-order valence-electron chi connectivity index (χ1n) is 6.34. The van der Waals surface area contributed by atoms with Crippen LogP contribution in [0, 0.1) is 0 Å². The maximum Gasteiger partial charge on any atom is 0.221 e. The van der Waals surface area contributed by atoms with Crippen LogP contribution < -0.4 is 10.5 Å². The van der Waals surface area contributed by atoms with Crippen LogP contribution in [0.1, 0.15) is 5.56 Å². The molecule has 106 valence electrons. The lowest BCUT2D eigenvalue weighted by atomic mass is 10.1. The zero-order valence-electron chi connectivity index (χ0n) is 11.4. The number of amides is 1. The highest BCUT2D eigenvalue weighted by Crippen LogP contribution is 2.30. The van der Waals surface area contributed by atoms with Gasteiger partial charge in [0.25, 0.3) is 0 Å². The minimum atomic E-state index is -0.335. The van der Waals surface area contributed by atoms with E-state index in [4.69, 9.17) is 10.5 Å². The maximum atomic E-state index is 11.0. The van der Waals surface area contributed by atoms with E-state index in [2.05, 4.69) is 9.97 Å². The molecular weight excluding hydrogens is 286 g/mol. The summed E-state index contributed by atoms with van der Waals surface area (Å²) in [6.07, 6.45) is 1.98. The molecule has 5 nitrogen and oxygen atoms in total. The van der Waals surface area contributed by atoms with Crippen LogP contribution in [-0.4, -0.2) is 23.0 Å². The van der Waals surface area contributed by atoms with Gasteiger partial charge < -0.3 is 10.5 Å². The second-order valence-corrected chi connectivity index (χ2v) is 5.58. The van der Waals surface area contributed by atoms with Gasteiger partial charge in [-0.2, -0.15) is 0 Å². The highest BCUT2D eigenvalue weighted by molar-refractivity contribution is 7.21. The molecule has 0 radical (unpaired) electrons. The lowest BCUT2D eigenvalue weighted by Crippen LogP contribution is -2.13. The van der Waals surface area contributed by atoms with E-state index in [-0.39, 0.29) is 12.3 Å². The third-order valence-corrected chi connectivity index (χ3v) is 4.09. The minimum absolute atomic E-state index is 0.243. The molecule has 1 aromatic carbocycles. The maximum absolute atomic E-state index is 11.0. The van der Waals surface area contributed by atoms with Gasteiger partial charge in [0.05, 0.1) is 23.7 Å². The van der Waals surface area contributed by atoms with Crippen LogP contribution in [0.2, 0.25) is 0 Å². The third kappa shape index (κ3) is 2.85. The normalized spacial score (nSPS) is 10.7. The molecule has 0 fully saturated rings. The molecule has 1 amide bonds. The Hall–Kier alpha value is -2.47. The summed E-state index contributed by atoms with van der Waals surface area (Å²) >= 11 is 1.56. The fraction of sp³-hybridized carbons (Fsp3) is 0.133. The van der Waals surface area contributed by atoms with Crippen molar-refractivity contribution in [3.63, 3.8) is 0 Å². The standard InChI is InChI=1S/C15H13N3O2S/c1-20-14-5-3-10(8-17-14)15-18-11-4-2-9(7-13(16)19)6-12(11)21-15/h2-6,8H,7H2,1H3,(H2,16,19). The van der Waals surface area contributed by atoms with Crippen LogP contribution in [0.3, 0.4) is 0 Å². The Kier molecular flexibility index (Phi) is 3.53. The van der Waals surface area contributed by atoms with Gasteiger partial charge in [-0.1, -0.05) is 6.07 Å². The second-order valence-electron chi connectivity index (χ2n) is 4.55. The van der Waals surface area contributed by atoms with Gasteiger partial charge in [0.15, 0.2) is 0 Å². The zero-order valence-corrected chi connectivity index (χ0v) is 12.2. The molecule has 0 spiro atoms. The van der Waals surface area contributed by atoms with E-state index in [1.165, 1.54) is 0 Å². The predicted molar refractivity (Wildman–Crippen MR) is 82.3 cm³/mol. The number of primary amides is 1. The minimum Gasteiger partial charge on any atom is -0.481 e. The van der Waals surface area contributed by atoms with Gasteiger partial charge in [-0.15, -0.1) is 11.3 Å². The van der Waals surface area contributed by atoms with Crippen molar-refractivity contribution in [3.05, 3.63) is 42.1 Å². The van der Waals surface area contributed by atoms with Gasteiger partial charge >= 0.3 is 0 Å². The SMILES string of the molecule is COc1ccc(-c2nc3ccc(CC(N)=O)cc3s2)cn1. The average Bonchev–Trinajstić information content (AvgIpc) is 2.90. The van der Waals surface area contributed by atoms with Crippen molar-refractivity contribution in [2.24, 2.45) is 5.73 Å². The van der Waals surface area contributed by atoms with Gasteiger partial charge in [0.1, 0.15) is 5.01 Å². The first-order valence-corrected chi connectivity index (χ1v) is 7.15. The molecule has 2 heterocycles. The molecule has 0 aliphatic heterocycles. The summed E-state index contributed by atoms with van der Waals surface area (Å²) in [5.74, 6) is 0.238.